The highest BCUT2D eigenvalue weighted by Crippen LogP contribution is 2.14. The van der Waals surface area contributed by atoms with Crippen molar-refractivity contribution in [3.8, 4) is 0 Å². The largest absolute Gasteiger partial charge is 0.330 e. The molecule has 2 aromatic heterocycles. The Morgan fingerprint density at radius 1 is 1.47 bits per heavy atom. The number of aryl methyl sites for hydroxylation is 2. The summed E-state index contributed by atoms with van der Waals surface area (Å²) in [5, 5.41) is 0. The van der Waals surface area contributed by atoms with Crippen LogP contribution in [0.5, 0.6) is 0 Å². The molecule has 0 atom stereocenters. The van der Waals surface area contributed by atoms with Crippen molar-refractivity contribution in [2.45, 2.75) is 26.3 Å². The lowest BCUT2D eigenvalue weighted by Crippen LogP contribution is -2.08. The van der Waals surface area contributed by atoms with Crippen LogP contribution in [-0.2, 0) is 13.0 Å². The summed E-state index contributed by atoms with van der Waals surface area (Å²) in [6.45, 7) is 3.73. The van der Waals surface area contributed by atoms with E-state index in [1.165, 1.54) is 0 Å². The number of nitrogens with zero attached hydrogens (tertiary/aromatic N) is 3. The maximum Gasteiger partial charge on any atom is 0.159 e. The number of hydrogen-bond acceptors (Lipinski definition) is 3. The van der Waals surface area contributed by atoms with E-state index in [0.717, 1.165) is 36.4 Å². The summed E-state index contributed by atoms with van der Waals surface area (Å²) in [6, 6.07) is 3.92. The van der Waals surface area contributed by atoms with Gasteiger partial charge < -0.3 is 10.3 Å². The van der Waals surface area contributed by atoms with Gasteiger partial charge in [-0.1, -0.05) is 6.92 Å². The van der Waals surface area contributed by atoms with E-state index in [4.69, 9.17) is 5.73 Å². The number of nitrogens with two attached hydrogens (primary N) is 1. The summed E-state index contributed by atoms with van der Waals surface area (Å²) in [5.41, 5.74) is 7.48. The van der Waals surface area contributed by atoms with Gasteiger partial charge in [-0.3, -0.25) is 0 Å². The molecule has 15 heavy (non-hydrogen) atoms. The van der Waals surface area contributed by atoms with E-state index in [1.54, 1.807) is 0 Å². The van der Waals surface area contributed by atoms with E-state index in [2.05, 4.69) is 21.5 Å². The molecular weight excluding hydrogens is 188 g/mol. The normalized spacial score (nSPS) is 11.1. The maximum absolute atomic E-state index is 5.53. The Hall–Kier alpha value is -1.42. The van der Waals surface area contributed by atoms with Crippen LogP contribution in [-0.4, -0.2) is 21.1 Å². The molecule has 2 aromatic rings. The monoisotopic (exact) mass is 204 g/mol. The molecule has 2 rings (SSSR count). The van der Waals surface area contributed by atoms with Gasteiger partial charge in [0, 0.05) is 19.2 Å². The van der Waals surface area contributed by atoms with Crippen molar-refractivity contribution in [3.05, 3.63) is 24.2 Å². The summed E-state index contributed by atoms with van der Waals surface area (Å²) in [4.78, 5) is 8.91. The van der Waals surface area contributed by atoms with Crippen LogP contribution in [0.3, 0.4) is 0 Å². The fraction of sp³-hybridized carbons (Fsp3) is 0.455. The fourth-order valence-electron chi connectivity index (χ4n) is 1.76. The Morgan fingerprint density at radius 3 is 3.07 bits per heavy atom. The molecule has 0 saturated heterocycles. The first kappa shape index (κ1) is 10.1. The zero-order valence-electron chi connectivity index (χ0n) is 8.98. The first-order chi connectivity index (χ1) is 7.36. The molecule has 0 bridgehead atoms. The van der Waals surface area contributed by atoms with Gasteiger partial charge in [-0.15, -0.1) is 0 Å². The van der Waals surface area contributed by atoms with E-state index in [9.17, 15) is 0 Å². The topological polar surface area (TPSA) is 56.7 Å². The molecule has 0 fully saturated rings. The zero-order valence-corrected chi connectivity index (χ0v) is 8.98. The quantitative estimate of drug-likeness (QED) is 0.817. The number of rotatable bonds is 4. The molecule has 0 saturated carbocycles. The van der Waals surface area contributed by atoms with Crippen LogP contribution in [0, 0.1) is 0 Å². The lowest BCUT2D eigenvalue weighted by Gasteiger charge is -2.05. The Morgan fingerprint density at radius 2 is 2.33 bits per heavy atom. The predicted octanol–water partition coefficient (Wildman–Crippen LogP) is 1.34. The van der Waals surface area contributed by atoms with E-state index in [0.29, 0.717) is 6.54 Å². The molecular formula is C11H16N4. The molecule has 2 N–H and O–H groups in total. The first-order valence-corrected chi connectivity index (χ1v) is 5.37. The average Bonchev–Trinajstić information content (AvgIpc) is 2.64. The average molecular weight is 204 g/mol. The minimum absolute atomic E-state index is 0.704. The number of pyridine rings is 1. The van der Waals surface area contributed by atoms with Crippen molar-refractivity contribution in [2.75, 3.05) is 6.54 Å². The molecule has 0 radical (unpaired) electrons. The summed E-state index contributed by atoms with van der Waals surface area (Å²) in [6.07, 6.45) is 3.71. The number of aromatic nitrogens is 3. The number of imidazole rings is 1. The van der Waals surface area contributed by atoms with Crippen LogP contribution in [0.15, 0.2) is 18.3 Å². The minimum Gasteiger partial charge on any atom is -0.330 e. The molecule has 4 heteroatoms. The SMILES string of the molecule is CCc1nc2cccnc2n1CCCN. The van der Waals surface area contributed by atoms with Gasteiger partial charge in [0.2, 0.25) is 0 Å². The first-order valence-electron chi connectivity index (χ1n) is 5.37. The third kappa shape index (κ3) is 1.85. The Kier molecular flexibility index (Phi) is 2.97. The third-order valence-electron chi connectivity index (χ3n) is 2.48. The fourth-order valence-corrected chi connectivity index (χ4v) is 1.76. The smallest absolute Gasteiger partial charge is 0.159 e. The second-order valence-electron chi connectivity index (χ2n) is 3.52. The molecule has 80 valence electrons. The van der Waals surface area contributed by atoms with Gasteiger partial charge in [0.25, 0.3) is 0 Å². The van der Waals surface area contributed by atoms with Gasteiger partial charge in [0.15, 0.2) is 5.65 Å². The molecule has 0 aliphatic carbocycles. The molecule has 0 aliphatic heterocycles. The molecule has 0 amide bonds. The van der Waals surface area contributed by atoms with Gasteiger partial charge in [0.1, 0.15) is 11.3 Å². The van der Waals surface area contributed by atoms with Crippen LogP contribution < -0.4 is 5.73 Å². The van der Waals surface area contributed by atoms with Crippen LogP contribution in [0.1, 0.15) is 19.2 Å². The summed E-state index contributed by atoms with van der Waals surface area (Å²) >= 11 is 0. The molecule has 2 heterocycles. The van der Waals surface area contributed by atoms with Gasteiger partial charge in [0.05, 0.1) is 0 Å². The van der Waals surface area contributed by atoms with E-state index in [-0.39, 0.29) is 0 Å². The van der Waals surface area contributed by atoms with Gasteiger partial charge in [-0.2, -0.15) is 0 Å². The minimum atomic E-state index is 0.704. The Balaban J connectivity index is 2.47. The second-order valence-corrected chi connectivity index (χ2v) is 3.52. The number of hydrogen-bond donors (Lipinski definition) is 1. The van der Waals surface area contributed by atoms with Crippen molar-refractivity contribution in [1.82, 2.24) is 14.5 Å². The van der Waals surface area contributed by atoms with Crippen LogP contribution in [0.2, 0.25) is 0 Å². The summed E-state index contributed by atoms with van der Waals surface area (Å²) < 4.78 is 2.17. The lowest BCUT2D eigenvalue weighted by molar-refractivity contribution is 0.632. The van der Waals surface area contributed by atoms with E-state index >= 15 is 0 Å². The molecule has 0 aromatic carbocycles. The lowest BCUT2D eigenvalue weighted by atomic mass is 10.4. The second kappa shape index (κ2) is 4.40. The highest BCUT2D eigenvalue weighted by atomic mass is 15.1. The van der Waals surface area contributed by atoms with Crippen LogP contribution in [0.25, 0.3) is 11.2 Å². The maximum atomic E-state index is 5.53. The Bertz CT molecular complexity index is 447. The molecule has 0 spiro atoms. The highest BCUT2D eigenvalue weighted by molar-refractivity contribution is 5.71. The van der Waals surface area contributed by atoms with Crippen molar-refractivity contribution in [3.63, 3.8) is 0 Å². The summed E-state index contributed by atoms with van der Waals surface area (Å²) in [7, 11) is 0. The zero-order chi connectivity index (χ0) is 10.7. The van der Waals surface area contributed by atoms with Crippen molar-refractivity contribution >= 4 is 11.2 Å². The predicted molar refractivity (Wildman–Crippen MR) is 60.6 cm³/mol. The third-order valence-corrected chi connectivity index (χ3v) is 2.48. The molecule has 0 unspecified atom stereocenters. The summed E-state index contributed by atoms with van der Waals surface area (Å²) in [5.74, 6) is 1.09. The van der Waals surface area contributed by atoms with Crippen molar-refractivity contribution in [2.24, 2.45) is 5.73 Å². The standard InChI is InChI=1S/C11H16N4/c1-2-10-14-9-5-3-7-13-11(9)15(10)8-4-6-12/h3,5,7H,2,4,6,8,12H2,1H3. The molecule has 4 nitrogen and oxygen atoms in total. The van der Waals surface area contributed by atoms with Gasteiger partial charge in [-0.25, -0.2) is 9.97 Å². The van der Waals surface area contributed by atoms with E-state index < -0.39 is 0 Å². The van der Waals surface area contributed by atoms with Gasteiger partial charge >= 0.3 is 0 Å². The van der Waals surface area contributed by atoms with Crippen molar-refractivity contribution in [1.29, 1.82) is 0 Å². The van der Waals surface area contributed by atoms with Gasteiger partial charge in [-0.05, 0) is 25.1 Å². The molecule has 0 aliphatic rings. The highest BCUT2D eigenvalue weighted by Gasteiger charge is 2.08. The number of fused-ring (bicyclic) bond motifs is 1. The van der Waals surface area contributed by atoms with Crippen LogP contribution in [0.4, 0.5) is 0 Å². The van der Waals surface area contributed by atoms with Crippen molar-refractivity contribution < 1.29 is 0 Å². The van der Waals surface area contributed by atoms with Crippen LogP contribution >= 0.6 is 0 Å². The van der Waals surface area contributed by atoms with E-state index in [1.807, 2.05) is 18.3 Å². The Labute approximate surface area is 89.1 Å².